The van der Waals surface area contributed by atoms with Gasteiger partial charge in [0.1, 0.15) is 12.1 Å². The number of carbonyl (C=O) groups is 3. The van der Waals surface area contributed by atoms with Crippen LogP contribution in [0.4, 0.5) is 0 Å². The maximum Gasteiger partial charge on any atom is 0.329 e. The lowest BCUT2D eigenvalue weighted by Crippen LogP contribution is -2.44. The fourth-order valence-corrected chi connectivity index (χ4v) is 5.22. The van der Waals surface area contributed by atoms with Crippen LogP contribution in [0.5, 0.6) is 0 Å². The molecule has 2 amide bonds. The van der Waals surface area contributed by atoms with Gasteiger partial charge in [-0.05, 0) is 103 Å². The Bertz CT molecular complexity index is 1440. The molecule has 0 spiro atoms. The van der Waals surface area contributed by atoms with E-state index in [-0.39, 0.29) is 24.7 Å². The summed E-state index contributed by atoms with van der Waals surface area (Å²) in [4.78, 5) is 37.8. The molecule has 8 heteroatoms. The van der Waals surface area contributed by atoms with Gasteiger partial charge in [-0.1, -0.05) is 160 Å². The Hall–Kier alpha value is -4.79. The Labute approximate surface area is 363 Å². The lowest BCUT2D eigenvalue weighted by Gasteiger charge is -2.20. The molecule has 0 rings (SSSR count). The molecule has 0 saturated carbocycles. The van der Waals surface area contributed by atoms with Gasteiger partial charge in [-0.3, -0.25) is 9.59 Å². The quantitative estimate of drug-likeness (QED) is 0.0281. The second-order valence-corrected chi connectivity index (χ2v) is 13.9. The molecule has 0 bridgehead atoms. The maximum atomic E-state index is 12.8. The van der Waals surface area contributed by atoms with Crippen molar-refractivity contribution in [1.29, 1.82) is 0 Å². The van der Waals surface area contributed by atoms with Crippen LogP contribution in [0.1, 0.15) is 129 Å². The van der Waals surface area contributed by atoms with E-state index in [0.29, 0.717) is 32.2 Å². The van der Waals surface area contributed by atoms with Crippen molar-refractivity contribution in [2.24, 2.45) is 0 Å². The average Bonchev–Trinajstić information content (AvgIpc) is 3.25. The fraction of sp³-hybridized carbons (Fsp3) is 0.481. The number of amides is 2. The van der Waals surface area contributed by atoms with Crippen molar-refractivity contribution in [3.05, 3.63) is 146 Å². The SMILES string of the molecule is CC/C=C\C/C=C\C/C=C\C/C=C\C/C=C\C/C=C\CCC(=O)NCCC[C@H](NC(=O)CC/C=C\C/C=C\C/C=C\C/C=C\C/C=C\C/C=C\CC)C(=O)OC(CO)CO. The first-order valence-corrected chi connectivity index (χ1v) is 22.3. The summed E-state index contributed by atoms with van der Waals surface area (Å²) < 4.78 is 5.19. The van der Waals surface area contributed by atoms with Crippen LogP contribution in [0, 0.1) is 0 Å². The second-order valence-electron chi connectivity index (χ2n) is 13.9. The number of hydrogen-bond acceptors (Lipinski definition) is 6. The molecule has 60 heavy (non-hydrogen) atoms. The Morgan fingerprint density at radius 2 is 0.783 bits per heavy atom. The van der Waals surface area contributed by atoms with Gasteiger partial charge in [0.05, 0.1) is 13.2 Å². The van der Waals surface area contributed by atoms with Crippen molar-refractivity contribution >= 4 is 17.8 Å². The average molecular weight is 827 g/mol. The highest BCUT2D eigenvalue weighted by Gasteiger charge is 2.24. The van der Waals surface area contributed by atoms with Crippen molar-refractivity contribution in [2.45, 2.75) is 142 Å². The van der Waals surface area contributed by atoms with Gasteiger partial charge in [-0.25, -0.2) is 4.79 Å². The van der Waals surface area contributed by atoms with Gasteiger partial charge in [0.25, 0.3) is 0 Å². The third-order valence-electron chi connectivity index (χ3n) is 8.57. The van der Waals surface area contributed by atoms with Crippen molar-refractivity contribution < 1.29 is 29.3 Å². The molecular weight excluding hydrogens is 749 g/mol. The summed E-state index contributed by atoms with van der Waals surface area (Å²) in [5.41, 5.74) is 0. The summed E-state index contributed by atoms with van der Waals surface area (Å²) in [6.07, 6.45) is 63.9. The van der Waals surface area contributed by atoms with Gasteiger partial charge < -0.3 is 25.6 Å². The van der Waals surface area contributed by atoms with Gasteiger partial charge >= 0.3 is 5.97 Å². The molecule has 0 radical (unpaired) electrons. The van der Waals surface area contributed by atoms with E-state index in [4.69, 9.17) is 4.74 Å². The predicted molar refractivity (Wildman–Crippen MR) is 253 cm³/mol. The molecule has 332 valence electrons. The minimum atomic E-state index is -1.07. The standard InChI is InChI=1S/C52H78N2O6/c1-3-5-7-9-11-13-15-17-19-21-23-25-27-29-31-33-35-37-39-43-50(57)53-45-41-42-49(52(59)60-48(46-55)47-56)54-51(58)44-40-38-36-34-32-30-28-26-24-22-20-18-16-14-12-10-8-6-4-2/h5-8,11-14,17-20,23-26,29-32,35-38,48-49,55-56H,3-4,9-10,15-16,21-22,27-28,33-34,39-47H2,1-2H3,(H,53,57)(H,54,58)/b7-5-,8-6-,13-11-,14-12-,19-17-,20-18-,25-23-,26-24-,31-29-,32-30-,37-35-,38-36-/t49-/m0/s1. The van der Waals surface area contributed by atoms with Crippen LogP contribution in [0.15, 0.2) is 146 Å². The number of allylic oxidation sites excluding steroid dienone is 24. The first-order valence-electron chi connectivity index (χ1n) is 22.3. The molecule has 4 N–H and O–H groups in total. The lowest BCUT2D eigenvalue weighted by atomic mass is 10.1. The van der Waals surface area contributed by atoms with E-state index in [1.807, 2.05) is 18.2 Å². The second kappa shape index (κ2) is 45.3. The van der Waals surface area contributed by atoms with Crippen LogP contribution in [-0.2, 0) is 19.1 Å². The van der Waals surface area contributed by atoms with E-state index in [9.17, 15) is 24.6 Å². The van der Waals surface area contributed by atoms with Crippen LogP contribution in [0.2, 0.25) is 0 Å². The summed E-state index contributed by atoms with van der Waals surface area (Å²) in [5.74, 6) is -1.12. The monoisotopic (exact) mass is 827 g/mol. The van der Waals surface area contributed by atoms with Crippen molar-refractivity contribution in [1.82, 2.24) is 10.6 Å². The zero-order valence-electron chi connectivity index (χ0n) is 36.9. The molecule has 0 aliphatic rings. The van der Waals surface area contributed by atoms with Crippen LogP contribution in [0.3, 0.4) is 0 Å². The Balaban J connectivity index is 4.34. The lowest BCUT2D eigenvalue weighted by molar-refractivity contribution is -0.157. The Morgan fingerprint density at radius 3 is 1.12 bits per heavy atom. The number of ether oxygens (including phenoxy) is 1. The summed E-state index contributed by atoms with van der Waals surface area (Å²) in [6.45, 7) is 3.56. The number of carbonyl (C=O) groups excluding carboxylic acids is 3. The highest BCUT2D eigenvalue weighted by atomic mass is 16.6. The summed E-state index contributed by atoms with van der Waals surface area (Å²) >= 11 is 0. The van der Waals surface area contributed by atoms with Gasteiger partial charge in [-0.15, -0.1) is 0 Å². The molecule has 1 atom stereocenters. The minimum absolute atomic E-state index is 0.0883. The van der Waals surface area contributed by atoms with E-state index in [1.165, 1.54) is 0 Å². The number of aliphatic hydroxyl groups is 2. The topological polar surface area (TPSA) is 125 Å². The van der Waals surface area contributed by atoms with Gasteiger partial charge in [-0.2, -0.15) is 0 Å². The molecule has 0 unspecified atom stereocenters. The first-order chi connectivity index (χ1) is 29.5. The number of nitrogens with one attached hydrogen (secondary N) is 2. The molecule has 0 aromatic carbocycles. The van der Waals surface area contributed by atoms with Crippen LogP contribution in [0.25, 0.3) is 0 Å². The summed E-state index contributed by atoms with van der Waals surface area (Å²) in [5, 5.41) is 24.3. The molecule has 0 fully saturated rings. The van der Waals surface area contributed by atoms with Crippen molar-refractivity contribution in [3.8, 4) is 0 Å². The van der Waals surface area contributed by atoms with Crippen LogP contribution < -0.4 is 10.6 Å². The molecule has 8 nitrogen and oxygen atoms in total. The molecule has 0 saturated heterocycles. The number of rotatable bonds is 37. The van der Waals surface area contributed by atoms with Gasteiger partial charge in [0.15, 0.2) is 0 Å². The molecule has 0 aromatic rings. The largest absolute Gasteiger partial charge is 0.456 e. The highest BCUT2D eigenvalue weighted by Crippen LogP contribution is 2.06. The van der Waals surface area contributed by atoms with E-state index in [2.05, 4.69) is 152 Å². The molecular formula is C52H78N2O6. The summed E-state index contributed by atoms with van der Waals surface area (Å²) in [6, 6.07) is -0.959. The first kappa shape index (κ1) is 55.2. The molecule has 0 aliphatic heterocycles. The molecule has 0 aromatic heterocycles. The fourth-order valence-electron chi connectivity index (χ4n) is 5.22. The zero-order valence-corrected chi connectivity index (χ0v) is 36.9. The van der Waals surface area contributed by atoms with E-state index < -0.39 is 31.3 Å². The van der Waals surface area contributed by atoms with E-state index in [1.54, 1.807) is 0 Å². The number of aliphatic hydroxyl groups excluding tert-OH is 2. The van der Waals surface area contributed by atoms with Gasteiger partial charge in [0, 0.05) is 19.4 Å². The smallest absolute Gasteiger partial charge is 0.329 e. The number of esters is 1. The van der Waals surface area contributed by atoms with Crippen LogP contribution >= 0.6 is 0 Å². The Kier molecular flexibility index (Phi) is 41.7. The van der Waals surface area contributed by atoms with Crippen molar-refractivity contribution in [3.63, 3.8) is 0 Å². The van der Waals surface area contributed by atoms with Gasteiger partial charge in [0.2, 0.25) is 11.8 Å². The Morgan fingerprint density at radius 1 is 0.467 bits per heavy atom. The third kappa shape index (κ3) is 40.0. The molecule has 0 aliphatic carbocycles. The van der Waals surface area contributed by atoms with Crippen molar-refractivity contribution in [2.75, 3.05) is 19.8 Å². The normalized spacial score (nSPS) is 13.6. The van der Waals surface area contributed by atoms with E-state index >= 15 is 0 Å². The maximum absolute atomic E-state index is 12.8. The third-order valence-corrected chi connectivity index (χ3v) is 8.57. The summed E-state index contributed by atoms with van der Waals surface area (Å²) in [7, 11) is 0. The number of hydrogen-bond donors (Lipinski definition) is 4. The zero-order chi connectivity index (χ0) is 43.8. The minimum Gasteiger partial charge on any atom is -0.456 e. The predicted octanol–water partition coefficient (Wildman–Crippen LogP) is 11.2. The highest BCUT2D eigenvalue weighted by molar-refractivity contribution is 5.84. The molecule has 0 heterocycles. The van der Waals surface area contributed by atoms with E-state index in [0.717, 1.165) is 77.0 Å². The van der Waals surface area contributed by atoms with Crippen LogP contribution in [-0.4, -0.2) is 59.9 Å².